The van der Waals surface area contributed by atoms with E-state index in [0.29, 0.717) is 5.75 Å². The minimum atomic E-state index is -1.10. The molecule has 0 aliphatic carbocycles. The third-order valence-corrected chi connectivity index (χ3v) is 2.73. The van der Waals surface area contributed by atoms with Crippen LogP contribution >= 0.6 is 0 Å². The zero-order valence-corrected chi connectivity index (χ0v) is 10.8. The van der Waals surface area contributed by atoms with Gasteiger partial charge in [-0.2, -0.15) is 0 Å². The fraction of sp³-hybridized carbons (Fsp3) is 0.133. The largest absolute Gasteiger partial charge is 0.493 e. The summed E-state index contributed by atoms with van der Waals surface area (Å²) >= 11 is 0. The van der Waals surface area contributed by atoms with Crippen LogP contribution < -0.4 is 9.47 Å². The zero-order chi connectivity index (χ0) is 14.5. The molecule has 0 aliphatic rings. The van der Waals surface area contributed by atoms with Gasteiger partial charge in [-0.1, -0.05) is 18.2 Å². The number of hydrogen-bond acceptors (Lipinski definition) is 3. The predicted octanol–water partition coefficient (Wildman–Crippen LogP) is 3.11. The molecule has 0 aromatic heterocycles. The first-order valence-electron chi connectivity index (χ1n) is 5.89. The van der Waals surface area contributed by atoms with Gasteiger partial charge in [-0.3, -0.25) is 0 Å². The predicted molar refractivity (Wildman–Crippen MR) is 70.7 cm³/mol. The van der Waals surface area contributed by atoms with Crippen LogP contribution in [0.1, 0.15) is 15.9 Å². The van der Waals surface area contributed by atoms with Gasteiger partial charge in [-0.15, -0.1) is 0 Å². The maximum absolute atomic E-state index is 12.8. The molecule has 0 aliphatic heterocycles. The Kier molecular flexibility index (Phi) is 4.20. The number of benzene rings is 2. The summed E-state index contributed by atoms with van der Waals surface area (Å²) in [6, 6.07) is 10.4. The van der Waals surface area contributed by atoms with Crippen molar-refractivity contribution in [2.75, 3.05) is 7.11 Å². The second-order valence-electron chi connectivity index (χ2n) is 4.06. The van der Waals surface area contributed by atoms with Crippen LogP contribution in [0.3, 0.4) is 0 Å². The molecule has 0 saturated heterocycles. The van der Waals surface area contributed by atoms with E-state index >= 15 is 0 Å². The molecule has 0 saturated carbocycles. The third-order valence-electron chi connectivity index (χ3n) is 2.73. The van der Waals surface area contributed by atoms with E-state index in [4.69, 9.17) is 14.6 Å². The molecule has 0 heterocycles. The van der Waals surface area contributed by atoms with Crippen LogP contribution in [0, 0.1) is 5.82 Å². The molecule has 5 heteroatoms. The molecule has 0 radical (unpaired) electrons. The highest BCUT2D eigenvalue weighted by atomic mass is 19.1. The summed E-state index contributed by atoms with van der Waals surface area (Å²) in [4.78, 5) is 11.2. The summed E-state index contributed by atoms with van der Waals surface area (Å²) in [6.07, 6.45) is 0. The fourth-order valence-electron chi connectivity index (χ4n) is 1.73. The zero-order valence-electron chi connectivity index (χ0n) is 10.8. The van der Waals surface area contributed by atoms with Crippen molar-refractivity contribution in [3.63, 3.8) is 0 Å². The van der Waals surface area contributed by atoms with Crippen molar-refractivity contribution < 1.29 is 23.8 Å². The molecule has 0 spiro atoms. The van der Waals surface area contributed by atoms with Gasteiger partial charge in [0.2, 0.25) is 0 Å². The van der Waals surface area contributed by atoms with Gasteiger partial charge in [0.05, 0.1) is 7.11 Å². The Labute approximate surface area is 115 Å². The molecule has 0 amide bonds. The number of carboxylic acid groups (broad SMARTS) is 1. The van der Waals surface area contributed by atoms with E-state index in [2.05, 4.69) is 0 Å². The summed E-state index contributed by atoms with van der Waals surface area (Å²) in [7, 11) is 1.44. The molecule has 0 unspecified atom stereocenters. The number of aromatic carboxylic acids is 1. The number of ether oxygens (including phenoxy) is 2. The normalized spacial score (nSPS) is 10.1. The Bertz CT molecular complexity index is 608. The minimum absolute atomic E-state index is 0.0199. The number of carboxylic acids is 1. The Morgan fingerprint density at radius 3 is 2.50 bits per heavy atom. The van der Waals surface area contributed by atoms with Crippen LogP contribution in [-0.4, -0.2) is 18.2 Å². The Morgan fingerprint density at radius 1 is 1.20 bits per heavy atom. The maximum atomic E-state index is 12.8. The number of methoxy groups -OCH3 is 1. The molecule has 2 aromatic carbocycles. The quantitative estimate of drug-likeness (QED) is 0.911. The summed E-state index contributed by atoms with van der Waals surface area (Å²) in [5.41, 5.74) is 0.750. The Morgan fingerprint density at radius 2 is 1.90 bits per heavy atom. The molecule has 2 aromatic rings. The Balaban J connectivity index is 2.23. The van der Waals surface area contributed by atoms with Gasteiger partial charge in [0.25, 0.3) is 0 Å². The second kappa shape index (κ2) is 6.06. The summed E-state index contributed by atoms with van der Waals surface area (Å²) in [5.74, 6) is -0.936. The van der Waals surface area contributed by atoms with Gasteiger partial charge in [0.15, 0.2) is 11.5 Å². The van der Waals surface area contributed by atoms with Crippen LogP contribution in [0.15, 0.2) is 42.5 Å². The molecule has 104 valence electrons. The van der Waals surface area contributed by atoms with Crippen molar-refractivity contribution in [1.29, 1.82) is 0 Å². The van der Waals surface area contributed by atoms with E-state index < -0.39 is 5.97 Å². The van der Waals surface area contributed by atoms with Gasteiger partial charge in [-0.05, 0) is 29.8 Å². The van der Waals surface area contributed by atoms with Crippen molar-refractivity contribution >= 4 is 5.97 Å². The highest BCUT2D eigenvalue weighted by Gasteiger charge is 2.16. The summed E-state index contributed by atoms with van der Waals surface area (Å²) < 4.78 is 23.4. The third kappa shape index (κ3) is 3.06. The first-order valence-corrected chi connectivity index (χ1v) is 5.89. The van der Waals surface area contributed by atoms with Gasteiger partial charge in [0, 0.05) is 0 Å². The van der Waals surface area contributed by atoms with Gasteiger partial charge >= 0.3 is 5.97 Å². The maximum Gasteiger partial charge on any atom is 0.339 e. The highest BCUT2D eigenvalue weighted by Crippen LogP contribution is 2.31. The van der Waals surface area contributed by atoms with Crippen molar-refractivity contribution in [3.8, 4) is 11.5 Å². The van der Waals surface area contributed by atoms with Crippen molar-refractivity contribution in [1.82, 2.24) is 0 Å². The number of hydrogen-bond donors (Lipinski definition) is 1. The molecule has 4 nitrogen and oxygen atoms in total. The van der Waals surface area contributed by atoms with Crippen molar-refractivity contribution in [2.24, 2.45) is 0 Å². The lowest BCUT2D eigenvalue weighted by Gasteiger charge is -2.13. The Hall–Kier alpha value is -2.56. The lowest BCUT2D eigenvalue weighted by Crippen LogP contribution is -2.05. The smallest absolute Gasteiger partial charge is 0.339 e. The van der Waals surface area contributed by atoms with Crippen LogP contribution in [-0.2, 0) is 6.61 Å². The van der Waals surface area contributed by atoms with E-state index in [0.717, 1.165) is 5.56 Å². The van der Waals surface area contributed by atoms with E-state index in [1.807, 2.05) is 0 Å². The number of halogens is 1. The summed E-state index contributed by atoms with van der Waals surface area (Å²) in [5, 5.41) is 9.13. The molecule has 0 fully saturated rings. The monoisotopic (exact) mass is 276 g/mol. The van der Waals surface area contributed by atoms with Gasteiger partial charge in [0.1, 0.15) is 18.0 Å². The molecule has 1 N–H and O–H groups in total. The number of para-hydroxylation sites is 1. The summed E-state index contributed by atoms with van der Waals surface area (Å²) in [6.45, 7) is 0.126. The fourth-order valence-corrected chi connectivity index (χ4v) is 1.73. The first kappa shape index (κ1) is 13.9. The van der Waals surface area contributed by atoms with Crippen molar-refractivity contribution in [2.45, 2.75) is 6.61 Å². The lowest BCUT2D eigenvalue weighted by atomic mass is 10.2. The van der Waals surface area contributed by atoms with E-state index in [1.54, 1.807) is 24.3 Å². The van der Waals surface area contributed by atoms with Crippen LogP contribution in [0.4, 0.5) is 4.39 Å². The van der Waals surface area contributed by atoms with E-state index in [1.165, 1.54) is 25.3 Å². The molecule has 0 atom stereocenters. The average molecular weight is 276 g/mol. The minimum Gasteiger partial charge on any atom is -0.493 e. The number of carbonyl (C=O) groups is 1. The number of rotatable bonds is 5. The molecule has 2 rings (SSSR count). The molecule has 20 heavy (non-hydrogen) atoms. The van der Waals surface area contributed by atoms with E-state index in [9.17, 15) is 9.18 Å². The van der Waals surface area contributed by atoms with Crippen LogP contribution in [0.5, 0.6) is 11.5 Å². The van der Waals surface area contributed by atoms with Crippen LogP contribution in [0.2, 0.25) is 0 Å². The lowest BCUT2D eigenvalue weighted by molar-refractivity contribution is 0.0691. The SMILES string of the molecule is COc1cccc(C(=O)O)c1OCc1ccc(F)cc1. The first-order chi connectivity index (χ1) is 9.61. The highest BCUT2D eigenvalue weighted by molar-refractivity contribution is 5.92. The molecular weight excluding hydrogens is 263 g/mol. The second-order valence-corrected chi connectivity index (χ2v) is 4.06. The topological polar surface area (TPSA) is 55.8 Å². The van der Waals surface area contributed by atoms with Gasteiger partial charge < -0.3 is 14.6 Å². The average Bonchev–Trinajstić information content (AvgIpc) is 2.46. The van der Waals surface area contributed by atoms with Gasteiger partial charge in [-0.25, -0.2) is 9.18 Å². The van der Waals surface area contributed by atoms with Crippen LogP contribution in [0.25, 0.3) is 0 Å². The molecule has 0 bridgehead atoms. The van der Waals surface area contributed by atoms with Crippen molar-refractivity contribution in [3.05, 3.63) is 59.4 Å². The molecular formula is C15H13FO4. The van der Waals surface area contributed by atoms with E-state index in [-0.39, 0.29) is 23.7 Å². The standard InChI is InChI=1S/C15H13FO4/c1-19-13-4-2-3-12(15(17)18)14(13)20-9-10-5-7-11(16)8-6-10/h2-8H,9H2,1H3,(H,17,18).